The maximum Gasteiger partial charge on any atom is 0.106 e. The lowest BCUT2D eigenvalue weighted by Crippen LogP contribution is -2.21. The van der Waals surface area contributed by atoms with Crippen LogP contribution < -0.4 is 10.6 Å². The molecule has 20 heavy (non-hydrogen) atoms. The predicted octanol–water partition coefficient (Wildman–Crippen LogP) is 4.37. The van der Waals surface area contributed by atoms with Crippen molar-refractivity contribution in [1.29, 1.82) is 0 Å². The van der Waals surface area contributed by atoms with E-state index in [1.165, 1.54) is 0 Å². The predicted molar refractivity (Wildman–Crippen MR) is 93.6 cm³/mol. The Hall–Kier alpha value is -1.10. The van der Waals surface area contributed by atoms with Gasteiger partial charge in [0.1, 0.15) is 4.99 Å². The molecule has 0 fully saturated rings. The summed E-state index contributed by atoms with van der Waals surface area (Å²) < 4.78 is 0.985. The van der Waals surface area contributed by atoms with Crippen LogP contribution in [0, 0.1) is 0 Å². The molecule has 0 bridgehead atoms. The van der Waals surface area contributed by atoms with Crippen LogP contribution in [0.4, 0.5) is 5.69 Å². The molecule has 2 aromatic rings. The molecule has 0 aliphatic rings. The second-order valence-corrected chi connectivity index (χ2v) is 6.24. The lowest BCUT2D eigenvalue weighted by atomic mass is 10.1. The SMILES string of the molecule is CN(Cc1ccccc1Cl)c1cc(Br)ccc1C(N)=S. The molecule has 0 unspecified atom stereocenters. The minimum atomic E-state index is 0.388. The summed E-state index contributed by atoms with van der Waals surface area (Å²) >= 11 is 14.8. The Bertz CT molecular complexity index is 646. The van der Waals surface area contributed by atoms with E-state index in [0.717, 1.165) is 26.3 Å². The number of nitrogens with zero attached hydrogens (tertiary/aromatic N) is 1. The summed E-state index contributed by atoms with van der Waals surface area (Å²) in [6.07, 6.45) is 0. The van der Waals surface area contributed by atoms with Gasteiger partial charge in [0.05, 0.1) is 0 Å². The summed E-state index contributed by atoms with van der Waals surface area (Å²) in [5, 5.41) is 0.756. The zero-order valence-corrected chi connectivity index (χ0v) is 14.1. The molecule has 0 saturated heterocycles. The Kier molecular flexibility index (Phi) is 5.02. The first-order valence-electron chi connectivity index (χ1n) is 6.03. The van der Waals surface area contributed by atoms with E-state index in [2.05, 4.69) is 20.8 Å². The fourth-order valence-electron chi connectivity index (χ4n) is 2.00. The van der Waals surface area contributed by atoms with E-state index >= 15 is 0 Å². The van der Waals surface area contributed by atoms with E-state index in [4.69, 9.17) is 29.6 Å². The van der Waals surface area contributed by atoms with Crippen LogP contribution in [-0.4, -0.2) is 12.0 Å². The molecule has 0 heterocycles. The molecule has 104 valence electrons. The summed E-state index contributed by atoms with van der Waals surface area (Å²) in [4.78, 5) is 2.47. The Morgan fingerprint density at radius 1 is 1.30 bits per heavy atom. The minimum absolute atomic E-state index is 0.388. The van der Waals surface area contributed by atoms with E-state index in [0.29, 0.717) is 11.5 Å². The average Bonchev–Trinajstić information content (AvgIpc) is 2.40. The van der Waals surface area contributed by atoms with Crippen molar-refractivity contribution >= 4 is 50.4 Å². The second-order valence-electron chi connectivity index (χ2n) is 4.47. The van der Waals surface area contributed by atoms with Crippen LogP contribution in [-0.2, 0) is 6.54 Å². The van der Waals surface area contributed by atoms with E-state index < -0.39 is 0 Å². The molecule has 2 aromatic carbocycles. The molecule has 0 radical (unpaired) electrons. The van der Waals surface area contributed by atoms with Gasteiger partial charge in [0.2, 0.25) is 0 Å². The van der Waals surface area contributed by atoms with Gasteiger partial charge in [-0.15, -0.1) is 0 Å². The molecule has 0 spiro atoms. The van der Waals surface area contributed by atoms with Crippen molar-refractivity contribution in [3.63, 3.8) is 0 Å². The molecule has 0 saturated carbocycles. The van der Waals surface area contributed by atoms with E-state index in [1.807, 2.05) is 49.5 Å². The zero-order chi connectivity index (χ0) is 14.7. The number of hydrogen-bond acceptors (Lipinski definition) is 2. The minimum Gasteiger partial charge on any atom is -0.389 e. The van der Waals surface area contributed by atoms with Crippen LogP contribution in [0.5, 0.6) is 0 Å². The maximum atomic E-state index is 6.20. The normalized spacial score (nSPS) is 10.3. The second kappa shape index (κ2) is 6.57. The van der Waals surface area contributed by atoms with Crippen LogP contribution in [0.3, 0.4) is 0 Å². The number of rotatable bonds is 4. The van der Waals surface area contributed by atoms with Crippen molar-refractivity contribution in [2.75, 3.05) is 11.9 Å². The quantitative estimate of drug-likeness (QED) is 0.811. The largest absolute Gasteiger partial charge is 0.389 e. The number of halogens is 2. The third-order valence-corrected chi connectivity index (χ3v) is 4.08. The van der Waals surface area contributed by atoms with Crippen LogP contribution in [0.2, 0.25) is 5.02 Å². The molecule has 0 atom stereocenters. The van der Waals surface area contributed by atoms with Crippen molar-refractivity contribution in [3.05, 3.63) is 63.1 Å². The third-order valence-electron chi connectivity index (χ3n) is 3.00. The van der Waals surface area contributed by atoms with Gasteiger partial charge in [-0.05, 0) is 29.8 Å². The van der Waals surface area contributed by atoms with Crippen molar-refractivity contribution in [2.45, 2.75) is 6.54 Å². The van der Waals surface area contributed by atoms with Gasteiger partial charge in [-0.3, -0.25) is 0 Å². The van der Waals surface area contributed by atoms with Crippen LogP contribution in [0.25, 0.3) is 0 Å². The highest BCUT2D eigenvalue weighted by atomic mass is 79.9. The summed E-state index contributed by atoms with van der Waals surface area (Å²) in [6.45, 7) is 0.686. The summed E-state index contributed by atoms with van der Waals surface area (Å²) in [5.74, 6) is 0. The Balaban J connectivity index is 2.34. The molecular weight excluding hydrogens is 356 g/mol. The molecule has 2 N–H and O–H groups in total. The molecule has 0 aliphatic carbocycles. The van der Waals surface area contributed by atoms with Crippen molar-refractivity contribution in [1.82, 2.24) is 0 Å². The van der Waals surface area contributed by atoms with E-state index in [9.17, 15) is 0 Å². The van der Waals surface area contributed by atoms with Crippen molar-refractivity contribution < 1.29 is 0 Å². The standard InChI is InChI=1S/C15H14BrClN2S/c1-19(9-10-4-2-3-5-13(10)17)14-8-11(16)6-7-12(14)15(18)20/h2-8H,9H2,1H3,(H2,18,20). The van der Waals surface area contributed by atoms with Gasteiger partial charge >= 0.3 is 0 Å². The fraction of sp³-hybridized carbons (Fsp3) is 0.133. The van der Waals surface area contributed by atoms with Gasteiger partial charge in [0.15, 0.2) is 0 Å². The van der Waals surface area contributed by atoms with Gasteiger partial charge in [-0.2, -0.15) is 0 Å². The Labute approximate surface area is 137 Å². The fourth-order valence-corrected chi connectivity index (χ4v) is 2.71. The molecule has 0 aromatic heterocycles. The summed E-state index contributed by atoms with van der Waals surface area (Å²) in [5.41, 5.74) is 8.69. The van der Waals surface area contributed by atoms with E-state index in [-0.39, 0.29) is 0 Å². The Morgan fingerprint density at radius 2 is 2.00 bits per heavy atom. The third kappa shape index (κ3) is 3.51. The number of nitrogens with two attached hydrogens (primary N) is 1. The first kappa shape index (κ1) is 15.3. The molecule has 0 amide bonds. The number of benzene rings is 2. The first-order valence-corrected chi connectivity index (χ1v) is 7.61. The maximum absolute atomic E-state index is 6.20. The molecule has 0 aliphatic heterocycles. The number of anilines is 1. The van der Waals surface area contributed by atoms with Crippen molar-refractivity contribution in [2.24, 2.45) is 5.73 Å². The number of hydrogen-bond donors (Lipinski definition) is 1. The molecule has 5 heteroatoms. The molecule has 2 rings (SSSR count). The topological polar surface area (TPSA) is 29.3 Å². The summed E-state index contributed by atoms with van der Waals surface area (Å²) in [7, 11) is 1.99. The zero-order valence-electron chi connectivity index (χ0n) is 10.9. The lowest BCUT2D eigenvalue weighted by molar-refractivity contribution is 0.921. The molecule has 2 nitrogen and oxygen atoms in total. The van der Waals surface area contributed by atoms with Gasteiger partial charge in [-0.25, -0.2) is 0 Å². The van der Waals surface area contributed by atoms with Gasteiger partial charge in [-0.1, -0.05) is 57.9 Å². The molecular formula is C15H14BrClN2S. The van der Waals surface area contributed by atoms with Gasteiger partial charge < -0.3 is 10.6 Å². The lowest BCUT2D eigenvalue weighted by Gasteiger charge is -2.23. The smallest absolute Gasteiger partial charge is 0.106 e. The monoisotopic (exact) mass is 368 g/mol. The first-order chi connectivity index (χ1) is 9.49. The van der Waals surface area contributed by atoms with Crippen molar-refractivity contribution in [3.8, 4) is 0 Å². The summed E-state index contributed by atoms with van der Waals surface area (Å²) in [6, 6.07) is 13.7. The average molecular weight is 370 g/mol. The van der Waals surface area contributed by atoms with Crippen LogP contribution in [0.15, 0.2) is 46.9 Å². The number of thiocarbonyl (C=S) groups is 1. The van der Waals surface area contributed by atoms with Crippen LogP contribution >= 0.6 is 39.7 Å². The van der Waals surface area contributed by atoms with Crippen LogP contribution in [0.1, 0.15) is 11.1 Å². The highest BCUT2D eigenvalue weighted by Gasteiger charge is 2.12. The highest BCUT2D eigenvalue weighted by Crippen LogP contribution is 2.27. The highest BCUT2D eigenvalue weighted by molar-refractivity contribution is 9.10. The van der Waals surface area contributed by atoms with Gasteiger partial charge in [0, 0.05) is 34.3 Å². The van der Waals surface area contributed by atoms with E-state index in [1.54, 1.807) is 0 Å². The van der Waals surface area contributed by atoms with Gasteiger partial charge in [0.25, 0.3) is 0 Å². The Morgan fingerprint density at radius 3 is 2.65 bits per heavy atom.